The summed E-state index contributed by atoms with van der Waals surface area (Å²) in [7, 11) is -3.23. The summed E-state index contributed by atoms with van der Waals surface area (Å²) in [5.74, 6) is 0.928. The summed E-state index contributed by atoms with van der Waals surface area (Å²) in [6.45, 7) is 2.09. The molecule has 1 aliphatic heterocycles. The number of aryl methyl sites for hydroxylation is 1. The van der Waals surface area contributed by atoms with Gasteiger partial charge in [-0.25, -0.2) is 4.98 Å². The van der Waals surface area contributed by atoms with Gasteiger partial charge in [0.25, 0.3) is 0 Å². The summed E-state index contributed by atoms with van der Waals surface area (Å²) in [4.78, 5) is 5.05. The van der Waals surface area contributed by atoms with Gasteiger partial charge in [0.1, 0.15) is 5.82 Å². The molecule has 206 valence electrons. The fraction of sp³-hybridized carbons (Fsp3) is 0.0513. The quantitative estimate of drug-likeness (QED) is 0.192. The minimum absolute atomic E-state index is 0.186. The van der Waals surface area contributed by atoms with Crippen LogP contribution in [0.15, 0.2) is 145 Å². The number of hydrogen-bond acceptors (Lipinski definition) is 2. The maximum atomic E-state index is 15.5. The molecule has 1 aromatic heterocycles. The molecule has 1 unspecified atom stereocenters. The van der Waals surface area contributed by atoms with Crippen LogP contribution in [-0.2, 0) is 11.0 Å². The topological polar surface area (TPSA) is 34.9 Å². The number of rotatable bonds is 5. The summed E-state index contributed by atoms with van der Waals surface area (Å²) in [6, 6.07) is 35.9. The predicted octanol–water partition coefficient (Wildman–Crippen LogP) is 8.54. The van der Waals surface area contributed by atoms with E-state index in [2.05, 4.69) is 35.8 Å². The van der Waals surface area contributed by atoms with Crippen molar-refractivity contribution in [1.82, 2.24) is 9.55 Å². The maximum Gasteiger partial charge on any atom is 0.175 e. The molecule has 8 rings (SSSR count). The lowest BCUT2D eigenvalue weighted by molar-refractivity contribution is 0.592. The highest BCUT2D eigenvalue weighted by molar-refractivity contribution is 7.86. The van der Waals surface area contributed by atoms with Crippen molar-refractivity contribution in [3.63, 3.8) is 0 Å². The normalized spacial score (nSPS) is 17.0. The van der Waals surface area contributed by atoms with E-state index in [0.717, 1.165) is 67.1 Å². The van der Waals surface area contributed by atoms with Gasteiger partial charge >= 0.3 is 0 Å². The van der Waals surface area contributed by atoms with Gasteiger partial charge in [0.05, 0.1) is 23.6 Å². The molecule has 2 heterocycles. The van der Waals surface area contributed by atoms with Crippen LogP contribution >= 0.6 is 7.14 Å². The molecule has 0 N–H and O–H groups in total. The summed E-state index contributed by atoms with van der Waals surface area (Å²) in [5.41, 5.74) is 7.19. The van der Waals surface area contributed by atoms with Gasteiger partial charge in [0.15, 0.2) is 7.14 Å². The molecule has 0 amide bonds. The first-order chi connectivity index (χ1) is 23.2. The van der Waals surface area contributed by atoms with Gasteiger partial charge in [0.2, 0.25) is 0 Å². The standard InChI is InChI=1S/C39H29N2OP/c1-2-38-40-34-25-32(31-23-21-30(22-24-31)29-19-17-28(18-20-29)27-11-5-3-6-12-27)26-37-39(34)41(38)35-15-9-10-16-36(35)43(37,42)33-13-7-4-8-14-33/h3-26H,2H2,1H3/i3D,5D,6D,11D,12D. The third-order valence-corrected chi connectivity index (χ3v) is 11.4. The van der Waals surface area contributed by atoms with Gasteiger partial charge in [-0.2, -0.15) is 0 Å². The van der Waals surface area contributed by atoms with E-state index in [1.165, 1.54) is 0 Å². The average Bonchev–Trinajstić information content (AvgIpc) is 3.52. The molecule has 7 aromatic rings. The Morgan fingerprint density at radius 1 is 0.651 bits per heavy atom. The van der Waals surface area contributed by atoms with E-state index in [4.69, 9.17) is 11.8 Å². The Kier molecular flexibility index (Phi) is 4.88. The Bertz CT molecular complexity index is 2430. The lowest BCUT2D eigenvalue weighted by Crippen LogP contribution is -2.33. The number of aromatic nitrogens is 2. The van der Waals surface area contributed by atoms with Crippen LogP contribution in [0.4, 0.5) is 0 Å². The Morgan fingerprint density at radius 3 is 1.88 bits per heavy atom. The Hall–Kier alpha value is -4.98. The second-order valence-electron chi connectivity index (χ2n) is 10.7. The third-order valence-electron chi connectivity index (χ3n) is 8.26. The number of fused-ring (bicyclic) bond motifs is 2. The zero-order valence-corrected chi connectivity index (χ0v) is 24.3. The number of hydrogen-bond donors (Lipinski definition) is 0. The van der Waals surface area contributed by atoms with Crippen LogP contribution in [0, 0.1) is 0 Å². The highest BCUT2D eigenvalue weighted by atomic mass is 31.2. The minimum atomic E-state index is -3.23. The van der Waals surface area contributed by atoms with Crippen LogP contribution in [0.25, 0.3) is 50.1 Å². The van der Waals surface area contributed by atoms with E-state index >= 15 is 4.57 Å². The van der Waals surface area contributed by atoms with Crippen molar-refractivity contribution < 1.29 is 11.4 Å². The average molecular weight is 578 g/mol. The molecule has 0 spiro atoms. The Labute approximate surface area is 258 Å². The number of para-hydroxylation sites is 1. The van der Waals surface area contributed by atoms with E-state index in [-0.39, 0.29) is 29.7 Å². The molecule has 0 bridgehead atoms. The highest BCUT2D eigenvalue weighted by Crippen LogP contribution is 2.50. The smallest absolute Gasteiger partial charge is 0.175 e. The van der Waals surface area contributed by atoms with Crippen molar-refractivity contribution in [2.45, 2.75) is 13.3 Å². The fourth-order valence-corrected chi connectivity index (χ4v) is 9.22. The van der Waals surface area contributed by atoms with Gasteiger partial charge in [-0.05, 0) is 57.6 Å². The molecule has 1 aliphatic rings. The zero-order chi connectivity index (χ0) is 33.3. The van der Waals surface area contributed by atoms with E-state index in [1.807, 2.05) is 78.9 Å². The Balaban J connectivity index is 1.22. The van der Waals surface area contributed by atoms with Crippen molar-refractivity contribution in [2.24, 2.45) is 0 Å². The molecule has 1 atom stereocenters. The molecular formula is C39H29N2OP. The first-order valence-corrected chi connectivity index (χ1v) is 16.0. The minimum Gasteiger partial charge on any atom is -0.308 e. The van der Waals surface area contributed by atoms with Gasteiger partial charge in [-0.1, -0.05) is 128 Å². The van der Waals surface area contributed by atoms with E-state index < -0.39 is 13.2 Å². The van der Waals surface area contributed by atoms with Crippen molar-refractivity contribution >= 4 is 34.1 Å². The van der Waals surface area contributed by atoms with Crippen molar-refractivity contribution in [1.29, 1.82) is 0 Å². The summed E-state index contributed by atoms with van der Waals surface area (Å²) in [5, 5.41) is 2.40. The second kappa shape index (κ2) is 10.1. The van der Waals surface area contributed by atoms with Gasteiger partial charge in [0, 0.05) is 22.3 Å². The van der Waals surface area contributed by atoms with Crippen LogP contribution in [0.3, 0.4) is 0 Å². The van der Waals surface area contributed by atoms with Crippen LogP contribution in [0.1, 0.15) is 19.6 Å². The third kappa shape index (κ3) is 4.04. The zero-order valence-electron chi connectivity index (χ0n) is 28.4. The summed E-state index contributed by atoms with van der Waals surface area (Å²) in [6.07, 6.45) is 0.733. The van der Waals surface area contributed by atoms with Gasteiger partial charge in [-0.3, -0.25) is 4.57 Å². The first kappa shape index (κ1) is 20.8. The van der Waals surface area contributed by atoms with Crippen LogP contribution < -0.4 is 15.9 Å². The van der Waals surface area contributed by atoms with Crippen LogP contribution in [0.2, 0.25) is 0 Å². The van der Waals surface area contributed by atoms with Crippen molar-refractivity contribution in [3.05, 3.63) is 151 Å². The summed E-state index contributed by atoms with van der Waals surface area (Å²) >= 11 is 0. The molecule has 0 fully saturated rings. The molecule has 4 heteroatoms. The molecule has 6 aromatic carbocycles. The predicted molar refractivity (Wildman–Crippen MR) is 180 cm³/mol. The first-order valence-electron chi connectivity index (χ1n) is 16.8. The monoisotopic (exact) mass is 577 g/mol. The molecular weight excluding hydrogens is 543 g/mol. The molecule has 43 heavy (non-hydrogen) atoms. The summed E-state index contributed by atoms with van der Waals surface area (Å²) < 4.78 is 58.2. The van der Waals surface area contributed by atoms with Gasteiger partial charge < -0.3 is 4.57 Å². The molecule has 0 saturated heterocycles. The van der Waals surface area contributed by atoms with Crippen molar-refractivity contribution in [3.8, 4) is 39.1 Å². The van der Waals surface area contributed by atoms with E-state index in [1.54, 1.807) is 12.1 Å². The van der Waals surface area contributed by atoms with Crippen LogP contribution in [-0.4, -0.2) is 9.55 Å². The maximum absolute atomic E-state index is 15.5. The lowest BCUT2D eigenvalue weighted by atomic mass is 9.98. The Morgan fingerprint density at radius 2 is 1.23 bits per heavy atom. The van der Waals surface area contributed by atoms with E-state index in [9.17, 15) is 0 Å². The highest BCUT2D eigenvalue weighted by Gasteiger charge is 2.39. The fourth-order valence-electron chi connectivity index (χ4n) is 6.18. The molecule has 3 nitrogen and oxygen atoms in total. The largest absolute Gasteiger partial charge is 0.308 e. The number of imidazole rings is 1. The SMILES string of the molecule is [2H]c1c([2H])c([2H])c(-c2ccc(-c3ccc(-c4cc5c6c(c4)nc(CC)n6-c4ccccc4P5(=O)c4ccccc4)cc3)cc2)c([2H])c1[2H]. The number of benzene rings is 6. The van der Waals surface area contributed by atoms with Crippen LogP contribution in [0.5, 0.6) is 0 Å². The lowest BCUT2D eigenvalue weighted by Gasteiger charge is -2.29. The van der Waals surface area contributed by atoms with Gasteiger partial charge in [-0.15, -0.1) is 0 Å². The molecule has 0 radical (unpaired) electrons. The molecule has 0 aliphatic carbocycles. The van der Waals surface area contributed by atoms with Crippen molar-refractivity contribution in [2.75, 3.05) is 0 Å². The van der Waals surface area contributed by atoms with E-state index in [0.29, 0.717) is 5.56 Å². The molecule has 0 saturated carbocycles. The second-order valence-corrected chi connectivity index (χ2v) is 13.4. The number of nitrogens with zero attached hydrogens (tertiary/aromatic N) is 2.